The molecule has 0 unspecified atom stereocenters. The molecule has 2 N–H and O–H groups in total. The first kappa shape index (κ1) is 22.7. The summed E-state index contributed by atoms with van der Waals surface area (Å²) in [4.78, 5) is 31.5. The van der Waals surface area contributed by atoms with E-state index >= 15 is 0 Å². The molecule has 2 aromatic rings. The Morgan fingerprint density at radius 3 is 2.48 bits per heavy atom. The summed E-state index contributed by atoms with van der Waals surface area (Å²) in [5.74, 6) is -0.514. The smallest absolute Gasteiger partial charge is 0.232 e. The van der Waals surface area contributed by atoms with Gasteiger partial charge in [0.15, 0.2) is 11.7 Å². The molecule has 0 bridgehead atoms. The molecule has 1 aliphatic rings. The van der Waals surface area contributed by atoms with E-state index in [1.54, 1.807) is 6.07 Å². The van der Waals surface area contributed by atoms with Gasteiger partial charge in [-0.3, -0.25) is 14.5 Å². The van der Waals surface area contributed by atoms with E-state index in [1.165, 1.54) is 17.0 Å². The standard InChI is InChI=1S/C25H30FN3O2/c1-16(2)25(4)14-23(31)29(24(27)28-25)15-18-11-20(13-21(26)12-18)22(30)10-17(3)19-8-6-5-7-9-19/h5-9,11-13,16-17H,10,14-15H2,1-4H3,(H2,27,28)/t17-,25+/m1/s1. The molecule has 1 amide bonds. The van der Waals surface area contributed by atoms with Crippen LogP contribution in [-0.2, 0) is 11.3 Å². The molecule has 6 heteroatoms. The van der Waals surface area contributed by atoms with Gasteiger partial charge in [-0.1, -0.05) is 51.1 Å². The van der Waals surface area contributed by atoms with Gasteiger partial charge in [-0.15, -0.1) is 0 Å². The molecule has 0 fully saturated rings. The van der Waals surface area contributed by atoms with Crippen LogP contribution in [0.5, 0.6) is 0 Å². The van der Waals surface area contributed by atoms with Gasteiger partial charge in [-0.25, -0.2) is 9.38 Å². The molecule has 0 radical (unpaired) electrons. The van der Waals surface area contributed by atoms with Crippen molar-refractivity contribution in [3.8, 4) is 0 Å². The zero-order chi connectivity index (χ0) is 22.8. The average Bonchev–Trinajstić information content (AvgIpc) is 2.71. The van der Waals surface area contributed by atoms with E-state index in [0.717, 1.165) is 5.56 Å². The van der Waals surface area contributed by atoms with E-state index in [-0.39, 0.29) is 48.9 Å². The average molecular weight is 424 g/mol. The Morgan fingerprint density at radius 1 is 1.19 bits per heavy atom. The zero-order valence-corrected chi connectivity index (χ0v) is 18.6. The van der Waals surface area contributed by atoms with Crippen molar-refractivity contribution in [1.29, 1.82) is 0 Å². The number of ketones is 1. The lowest BCUT2D eigenvalue weighted by Crippen LogP contribution is -2.51. The summed E-state index contributed by atoms with van der Waals surface area (Å²) in [6, 6.07) is 14.0. The van der Waals surface area contributed by atoms with Crippen molar-refractivity contribution in [2.45, 2.75) is 58.5 Å². The number of carbonyl (C=O) groups excluding carboxylic acids is 2. The third-order valence-corrected chi connectivity index (χ3v) is 6.18. The van der Waals surface area contributed by atoms with E-state index < -0.39 is 11.4 Å². The highest BCUT2D eigenvalue weighted by Crippen LogP contribution is 2.30. The Balaban J connectivity index is 1.78. The molecule has 0 aromatic heterocycles. The highest BCUT2D eigenvalue weighted by Gasteiger charge is 2.38. The van der Waals surface area contributed by atoms with E-state index in [9.17, 15) is 14.0 Å². The van der Waals surface area contributed by atoms with Gasteiger partial charge in [0.05, 0.1) is 18.5 Å². The minimum absolute atomic E-state index is 0.0144. The maximum absolute atomic E-state index is 14.3. The third-order valence-electron chi connectivity index (χ3n) is 6.18. The summed E-state index contributed by atoms with van der Waals surface area (Å²) >= 11 is 0. The summed E-state index contributed by atoms with van der Waals surface area (Å²) in [6.45, 7) is 7.96. The fourth-order valence-corrected chi connectivity index (χ4v) is 3.77. The Labute approximate surface area is 183 Å². The number of nitrogens with two attached hydrogens (primary N) is 1. The van der Waals surface area contributed by atoms with Gasteiger partial charge in [0.25, 0.3) is 0 Å². The largest absolute Gasteiger partial charge is 0.369 e. The third kappa shape index (κ3) is 5.19. The lowest BCUT2D eigenvalue weighted by molar-refractivity contribution is -0.130. The van der Waals surface area contributed by atoms with Gasteiger partial charge in [0.2, 0.25) is 5.91 Å². The lowest BCUT2D eigenvalue weighted by Gasteiger charge is -2.37. The summed E-state index contributed by atoms with van der Waals surface area (Å²) < 4.78 is 14.3. The minimum Gasteiger partial charge on any atom is -0.369 e. The van der Waals surface area contributed by atoms with Crippen LogP contribution >= 0.6 is 0 Å². The summed E-state index contributed by atoms with van der Waals surface area (Å²) in [5.41, 5.74) is 7.41. The number of aliphatic imine (C=N–C) groups is 1. The molecular formula is C25H30FN3O2. The van der Waals surface area contributed by atoms with Crippen molar-refractivity contribution in [2.75, 3.05) is 0 Å². The van der Waals surface area contributed by atoms with E-state index in [0.29, 0.717) is 11.1 Å². The van der Waals surface area contributed by atoms with Crippen LogP contribution in [0, 0.1) is 11.7 Å². The predicted molar refractivity (Wildman–Crippen MR) is 120 cm³/mol. The van der Waals surface area contributed by atoms with Gasteiger partial charge in [-0.05, 0) is 48.1 Å². The summed E-state index contributed by atoms with van der Waals surface area (Å²) in [5, 5.41) is 0. The number of nitrogens with zero attached hydrogens (tertiary/aromatic N) is 2. The second-order valence-corrected chi connectivity index (χ2v) is 8.93. The number of halogens is 1. The number of carbonyl (C=O) groups is 2. The fraction of sp³-hybridized carbons (Fsp3) is 0.400. The van der Waals surface area contributed by atoms with Crippen molar-refractivity contribution in [3.63, 3.8) is 0 Å². The maximum atomic E-state index is 14.3. The van der Waals surface area contributed by atoms with Crippen LogP contribution in [0.25, 0.3) is 0 Å². The number of guanidine groups is 1. The summed E-state index contributed by atoms with van der Waals surface area (Å²) in [7, 11) is 0. The van der Waals surface area contributed by atoms with E-state index in [4.69, 9.17) is 5.73 Å². The van der Waals surface area contributed by atoms with Crippen molar-refractivity contribution < 1.29 is 14.0 Å². The highest BCUT2D eigenvalue weighted by molar-refractivity contribution is 5.99. The molecular weight excluding hydrogens is 393 g/mol. The normalized spacial score (nSPS) is 20.0. The second kappa shape index (κ2) is 9.00. The molecule has 0 saturated carbocycles. The van der Waals surface area contributed by atoms with Crippen LogP contribution in [0.4, 0.5) is 4.39 Å². The van der Waals surface area contributed by atoms with Crippen molar-refractivity contribution >= 4 is 17.6 Å². The highest BCUT2D eigenvalue weighted by atomic mass is 19.1. The molecule has 0 spiro atoms. The molecule has 0 aliphatic carbocycles. The van der Waals surface area contributed by atoms with Crippen molar-refractivity contribution in [3.05, 3.63) is 71.0 Å². The predicted octanol–water partition coefficient (Wildman–Crippen LogP) is 4.66. The molecule has 3 rings (SSSR count). The quantitative estimate of drug-likeness (QED) is 0.658. The first-order chi connectivity index (χ1) is 14.6. The topological polar surface area (TPSA) is 75.8 Å². The van der Waals surface area contributed by atoms with E-state index in [2.05, 4.69) is 4.99 Å². The van der Waals surface area contributed by atoms with Gasteiger partial charge in [-0.2, -0.15) is 0 Å². The Morgan fingerprint density at radius 2 is 1.87 bits per heavy atom. The van der Waals surface area contributed by atoms with Crippen LogP contribution < -0.4 is 5.73 Å². The molecule has 5 nitrogen and oxygen atoms in total. The minimum atomic E-state index is -0.547. The maximum Gasteiger partial charge on any atom is 0.232 e. The van der Waals surface area contributed by atoms with Gasteiger partial charge in [0.1, 0.15) is 5.82 Å². The Bertz CT molecular complexity index is 1000. The number of rotatable bonds is 7. The Kier molecular flexibility index (Phi) is 6.58. The van der Waals surface area contributed by atoms with Crippen molar-refractivity contribution in [1.82, 2.24) is 4.90 Å². The van der Waals surface area contributed by atoms with Crippen LogP contribution in [0.15, 0.2) is 53.5 Å². The van der Waals surface area contributed by atoms with Crippen molar-refractivity contribution in [2.24, 2.45) is 16.6 Å². The first-order valence-electron chi connectivity index (χ1n) is 10.6. The molecule has 0 saturated heterocycles. The Hall–Kier alpha value is -3.02. The number of amides is 1. The first-order valence-corrected chi connectivity index (χ1v) is 10.6. The van der Waals surface area contributed by atoms with Crippen LogP contribution in [0.1, 0.15) is 67.9 Å². The lowest BCUT2D eigenvalue weighted by atomic mass is 9.84. The molecule has 1 heterocycles. The summed E-state index contributed by atoms with van der Waals surface area (Å²) in [6.07, 6.45) is 0.507. The monoisotopic (exact) mass is 423 g/mol. The SMILES string of the molecule is CC(C)[C@]1(C)CC(=O)N(Cc2cc(F)cc(C(=O)C[C@@H](C)c3ccccc3)c2)C(N)=N1. The molecule has 31 heavy (non-hydrogen) atoms. The van der Waals surface area contributed by atoms with Crippen LogP contribution in [0.3, 0.4) is 0 Å². The zero-order valence-electron chi connectivity index (χ0n) is 18.6. The second-order valence-electron chi connectivity index (χ2n) is 8.93. The van der Waals surface area contributed by atoms with Crippen LogP contribution in [0.2, 0.25) is 0 Å². The number of hydrogen-bond donors (Lipinski definition) is 1. The van der Waals surface area contributed by atoms with Gasteiger partial charge >= 0.3 is 0 Å². The fourth-order valence-electron chi connectivity index (χ4n) is 3.77. The van der Waals surface area contributed by atoms with Gasteiger partial charge in [0, 0.05) is 12.0 Å². The number of benzene rings is 2. The number of Topliss-reactive ketones (excluding diaryl/α,β-unsaturated/α-hetero) is 1. The molecule has 2 aromatic carbocycles. The molecule has 164 valence electrons. The van der Waals surface area contributed by atoms with Crippen LogP contribution in [-0.4, -0.2) is 28.1 Å². The van der Waals surface area contributed by atoms with E-state index in [1.807, 2.05) is 58.0 Å². The van der Waals surface area contributed by atoms with Gasteiger partial charge < -0.3 is 5.73 Å². The molecule has 1 aliphatic heterocycles. The molecule has 2 atom stereocenters. The number of hydrogen-bond acceptors (Lipinski definition) is 4.